The van der Waals surface area contributed by atoms with Crippen LogP contribution in [0.1, 0.15) is 24.0 Å². The molecule has 3 rings (SSSR count). The minimum atomic E-state index is -0.0887. The summed E-state index contributed by atoms with van der Waals surface area (Å²) < 4.78 is 7.54. The lowest BCUT2D eigenvalue weighted by atomic mass is 9.93. The van der Waals surface area contributed by atoms with Gasteiger partial charge >= 0.3 is 0 Å². The Labute approximate surface area is 124 Å². The normalized spacial score (nSPS) is 27.2. The molecule has 3 heterocycles. The van der Waals surface area contributed by atoms with Crippen molar-refractivity contribution >= 4 is 5.91 Å². The first-order valence-electron chi connectivity index (χ1n) is 7.66. The number of ether oxygens (including phenoxy) is 1. The average molecular weight is 293 g/mol. The second-order valence-electron chi connectivity index (χ2n) is 5.84. The van der Waals surface area contributed by atoms with Crippen molar-refractivity contribution < 1.29 is 9.53 Å². The van der Waals surface area contributed by atoms with E-state index in [0.717, 1.165) is 39.2 Å². The van der Waals surface area contributed by atoms with E-state index in [1.807, 2.05) is 4.90 Å². The highest BCUT2D eigenvalue weighted by molar-refractivity contribution is 5.90. The summed E-state index contributed by atoms with van der Waals surface area (Å²) in [6.07, 6.45) is 2.68. The summed E-state index contributed by atoms with van der Waals surface area (Å²) in [6, 6.07) is 0. The van der Waals surface area contributed by atoms with Gasteiger partial charge in [-0.15, -0.1) is 5.10 Å². The Hall–Kier alpha value is -1.47. The van der Waals surface area contributed by atoms with E-state index in [-0.39, 0.29) is 17.8 Å². The molecule has 2 fully saturated rings. The molecule has 0 unspecified atom stereocenters. The van der Waals surface area contributed by atoms with Crippen molar-refractivity contribution in [1.29, 1.82) is 0 Å². The van der Waals surface area contributed by atoms with E-state index in [2.05, 4.69) is 21.9 Å². The summed E-state index contributed by atoms with van der Waals surface area (Å²) >= 11 is 0. The van der Waals surface area contributed by atoms with Crippen LogP contribution >= 0.6 is 0 Å². The van der Waals surface area contributed by atoms with Gasteiger partial charge in [-0.3, -0.25) is 9.48 Å². The number of nitrogens with zero attached hydrogens (tertiary/aromatic N) is 5. The molecule has 0 N–H and O–H groups in total. The molecule has 21 heavy (non-hydrogen) atoms. The fourth-order valence-electron chi connectivity index (χ4n) is 3.17. The van der Waals surface area contributed by atoms with Gasteiger partial charge in [0.15, 0.2) is 0 Å². The Morgan fingerprint density at radius 1 is 1.43 bits per heavy atom. The van der Waals surface area contributed by atoms with Crippen molar-refractivity contribution in [1.82, 2.24) is 24.6 Å². The standard InChI is InChI=1S/C14H23N5O2/c1-3-18-6-7-21-12-9-19(5-4-11(12)8-18)14(20)13-15-10-17(2)16-13/h10-12H,3-9H2,1-2H3/t11-,12-/m1/s1. The van der Waals surface area contributed by atoms with Crippen molar-refractivity contribution in [3.63, 3.8) is 0 Å². The molecule has 2 aliphatic heterocycles. The molecule has 0 bridgehead atoms. The Balaban J connectivity index is 1.65. The maximum absolute atomic E-state index is 12.4. The molecular weight excluding hydrogens is 270 g/mol. The maximum Gasteiger partial charge on any atom is 0.293 e. The number of fused-ring (bicyclic) bond motifs is 1. The van der Waals surface area contributed by atoms with E-state index in [1.165, 1.54) is 0 Å². The average Bonchev–Trinajstić information content (AvgIpc) is 2.82. The van der Waals surface area contributed by atoms with E-state index in [9.17, 15) is 4.79 Å². The highest BCUT2D eigenvalue weighted by Gasteiger charge is 2.35. The lowest BCUT2D eigenvalue weighted by Crippen LogP contribution is -2.49. The Morgan fingerprint density at radius 3 is 3.00 bits per heavy atom. The number of piperidine rings is 1. The first-order chi connectivity index (χ1) is 10.2. The van der Waals surface area contributed by atoms with E-state index in [4.69, 9.17) is 4.74 Å². The van der Waals surface area contributed by atoms with Crippen LogP contribution in [0.15, 0.2) is 6.33 Å². The Bertz CT molecular complexity index is 503. The van der Waals surface area contributed by atoms with Crippen molar-refractivity contribution in [2.45, 2.75) is 19.4 Å². The molecule has 0 aliphatic carbocycles. The number of hydrogen-bond acceptors (Lipinski definition) is 5. The van der Waals surface area contributed by atoms with Crippen LogP contribution in [-0.4, -0.2) is 75.9 Å². The Morgan fingerprint density at radius 2 is 2.29 bits per heavy atom. The number of carbonyl (C=O) groups excluding carboxylic acids is 1. The number of carbonyl (C=O) groups is 1. The van der Waals surface area contributed by atoms with Gasteiger partial charge in [-0.2, -0.15) is 0 Å². The third-order valence-corrected chi connectivity index (χ3v) is 4.45. The highest BCUT2D eigenvalue weighted by atomic mass is 16.5. The number of hydrogen-bond donors (Lipinski definition) is 0. The quantitative estimate of drug-likeness (QED) is 0.768. The van der Waals surface area contributed by atoms with Crippen LogP contribution in [0.3, 0.4) is 0 Å². The molecule has 1 aromatic heterocycles. The summed E-state index contributed by atoms with van der Waals surface area (Å²) in [5.74, 6) is 0.710. The van der Waals surface area contributed by atoms with Gasteiger partial charge < -0.3 is 14.5 Å². The lowest BCUT2D eigenvalue weighted by molar-refractivity contribution is -0.0174. The number of amides is 1. The van der Waals surface area contributed by atoms with Crippen molar-refractivity contribution in [2.24, 2.45) is 13.0 Å². The molecule has 2 atom stereocenters. The van der Waals surface area contributed by atoms with Gasteiger partial charge in [0.25, 0.3) is 5.91 Å². The summed E-state index contributed by atoms with van der Waals surface area (Å²) in [4.78, 5) is 20.7. The number of likely N-dealkylation sites (tertiary alicyclic amines) is 1. The van der Waals surface area contributed by atoms with Crippen LogP contribution < -0.4 is 0 Å². The lowest BCUT2D eigenvalue weighted by Gasteiger charge is -2.37. The second kappa shape index (κ2) is 6.11. The molecule has 0 radical (unpaired) electrons. The van der Waals surface area contributed by atoms with Crippen molar-refractivity contribution in [3.8, 4) is 0 Å². The van der Waals surface area contributed by atoms with E-state index in [0.29, 0.717) is 12.5 Å². The summed E-state index contributed by atoms with van der Waals surface area (Å²) in [7, 11) is 1.77. The fourth-order valence-corrected chi connectivity index (χ4v) is 3.17. The molecule has 0 spiro atoms. The van der Waals surface area contributed by atoms with Gasteiger partial charge in [-0.25, -0.2) is 4.98 Å². The van der Waals surface area contributed by atoms with Crippen LogP contribution in [-0.2, 0) is 11.8 Å². The molecule has 2 aliphatic rings. The largest absolute Gasteiger partial charge is 0.375 e. The summed E-state index contributed by atoms with van der Waals surface area (Å²) in [5, 5.41) is 4.10. The molecular formula is C14H23N5O2. The van der Waals surface area contributed by atoms with Gasteiger partial charge in [0.05, 0.1) is 12.7 Å². The smallest absolute Gasteiger partial charge is 0.293 e. The van der Waals surface area contributed by atoms with E-state index >= 15 is 0 Å². The first-order valence-corrected chi connectivity index (χ1v) is 7.66. The fraction of sp³-hybridized carbons (Fsp3) is 0.786. The molecule has 1 aromatic rings. The molecule has 7 heteroatoms. The molecule has 116 valence electrons. The van der Waals surface area contributed by atoms with E-state index in [1.54, 1.807) is 18.1 Å². The predicted octanol–water partition coefficient (Wildman–Crippen LogP) is -0.00210. The van der Waals surface area contributed by atoms with Gasteiger partial charge in [0.1, 0.15) is 6.33 Å². The highest BCUT2D eigenvalue weighted by Crippen LogP contribution is 2.24. The van der Waals surface area contributed by atoms with Gasteiger partial charge in [-0.05, 0) is 13.0 Å². The van der Waals surface area contributed by atoms with Crippen molar-refractivity contribution in [2.75, 3.05) is 39.3 Å². The number of aryl methyl sites for hydroxylation is 1. The van der Waals surface area contributed by atoms with Crippen LogP contribution in [0.2, 0.25) is 0 Å². The van der Waals surface area contributed by atoms with E-state index < -0.39 is 0 Å². The SMILES string of the molecule is CCN1CCO[C@@H]2CN(C(=O)c3ncn(C)n3)CC[C@@H]2C1. The number of likely N-dealkylation sites (N-methyl/N-ethyl adjacent to an activating group) is 1. The first kappa shape index (κ1) is 14.5. The Kier molecular flexibility index (Phi) is 4.21. The summed E-state index contributed by atoms with van der Waals surface area (Å²) in [5.41, 5.74) is 0. The third-order valence-electron chi connectivity index (χ3n) is 4.45. The zero-order chi connectivity index (χ0) is 14.8. The van der Waals surface area contributed by atoms with Gasteiger partial charge in [0.2, 0.25) is 5.82 Å². The zero-order valence-electron chi connectivity index (χ0n) is 12.7. The second-order valence-corrected chi connectivity index (χ2v) is 5.84. The number of aromatic nitrogens is 3. The van der Waals surface area contributed by atoms with Crippen LogP contribution in [0.5, 0.6) is 0 Å². The monoisotopic (exact) mass is 293 g/mol. The minimum absolute atomic E-state index is 0.0887. The molecule has 0 aromatic carbocycles. The molecule has 7 nitrogen and oxygen atoms in total. The maximum atomic E-state index is 12.4. The molecule has 1 amide bonds. The molecule has 2 saturated heterocycles. The van der Waals surface area contributed by atoms with Crippen molar-refractivity contribution in [3.05, 3.63) is 12.2 Å². The minimum Gasteiger partial charge on any atom is -0.375 e. The summed E-state index contributed by atoms with van der Waals surface area (Å²) in [6.45, 7) is 7.47. The third kappa shape index (κ3) is 3.08. The molecule has 0 saturated carbocycles. The zero-order valence-corrected chi connectivity index (χ0v) is 12.7. The predicted molar refractivity (Wildman–Crippen MR) is 76.9 cm³/mol. The van der Waals surface area contributed by atoms with Gasteiger partial charge in [0, 0.05) is 39.1 Å². The van der Waals surface area contributed by atoms with Gasteiger partial charge in [-0.1, -0.05) is 6.92 Å². The van der Waals surface area contributed by atoms with Crippen LogP contribution in [0.4, 0.5) is 0 Å². The van der Waals surface area contributed by atoms with Crippen LogP contribution in [0.25, 0.3) is 0 Å². The number of rotatable bonds is 2. The van der Waals surface area contributed by atoms with Crippen LogP contribution in [0, 0.1) is 5.92 Å². The topological polar surface area (TPSA) is 63.5 Å².